The predicted octanol–water partition coefficient (Wildman–Crippen LogP) is 8.08. The summed E-state index contributed by atoms with van der Waals surface area (Å²) in [4.78, 5) is 12.6. The maximum atomic E-state index is 12.6. The lowest BCUT2D eigenvalue weighted by Crippen LogP contribution is -2.29. The monoisotopic (exact) mass is 380 g/mol. The molecule has 1 fully saturated rings. The van der Waals surface area contributed by atoms with E-state index in [0.29, 0.717) is 6.61 Å². The third-order valence-corrected chi connectivity index (χ3v) is 6.68. The Labute approximate surface area is 170 Å². The quantitative estimate of drug-likeness (QED) is 0.212. The van der Waals surface area contributed by atoms with Gasteiger partial charge in [-0.3, -0.25) is 4.79 Å². The van der Waals surface area contributed by atoms with Gasteiger partial charge >= 0.3 is 5.97 Å². The zero-order valence-corrected chi connectivity index (χ0v) is 19.0. The summed E-state index contributed by atoms with van der Waals surface area (Å²) < 4.78 is 5.90. The molecule has 0 bridgehead atoms. The van der Waals surface area contributed by atoms with Gasteiger partial charge < -0.3 is 4.74 Å². The van der Waals surface area contributed by atoms with Crippen LogP contribution in [0.2, 0.25) is 0 Å². The van der Waals surface area contributed by atoms with E-state index in [4.69, 9.17) is 4.74 Å². The van der Waals surface area contributed by atoms with E-state index in [1.807, 2.05) is 0 Å². The van der Waals surface area contributed by atoms with Crippen molar-refractivity contribution in [1.82, 2.24) is 0 Å². The Balaban J connectivity index is 2.40. The second-order valence-corrected chi connectivity index (χ2v) is 9.70. The first-order chi connectivity index (χ1) is 13.0. The van der Waals surface area contributed by atoms with Crippen molar-refractivity contribution in [2.75, 3.05) is 6.61 Å². The molecular weight excluding hydrogens is 332 g/mol. The molecule has 0 heterocycles. The molecule has 1 atom stereocenters. The maximum absolute atomic E-state index is 12.6. The molecule has 2 heteroatoms. The van der Waals surface area contributed by atoms with Gasteiger partial charge in [0.15, 0.2) is 0 Å². The Morgan fingerprint density at radius 3 is 1.85 bits per heavy atom. The van der Waals surface area contributed by atoms with Gasteiger partial charge in [0.05, 0.1) is 12.5 Å². The number of carbonyl (C=O) groups excluding carboxylic acids is 1. The Morgan fingerprint density at radius 1 is 0.815 bits per heavy atom. The van der Waals surface area contributed by atoms with Crippen LogP contribution in [-0.4, -0.2) is 12.6 Å². The molecule has 0 saturated heterocycles. The van der Waals surface area contributed by atoms with E-state index in [9.17, 15) is 4.79 Å². The van der Waals surface area contributed by atoms with Gasteiger partial charge in [-0.1, -0.05) is 91.9 Å². The fraction of sp³-hybridized carbons (Fsp3) is 0.960. The van der Waals surface area contributed by atoms with Gasteiger partial charge in [0, 0.05) is 5.41 Å². The van der Waals surface area contributed by atoms with Crippen LogP contribution in [0.4, 0.5) is 0 Å². The highest BCUT2D eigenvalue weighted by Gasteiger charge is 2.29. The molecule has 0 aromatic carbocycles. The van der Waals surface area contributed by atoms with E-state index in [2.05, 4.69) is 27.7 Å². The maximum Gasteiger partial charge on any atom is 0.308 e. The van der Waals surface area contributed by atoms with Gasteiger partial charge in [-0.15, -0.1) is 0 Å². The molecular formula is C25H48O2. The van der Waals surface area contributed by atoms with E-state index < -0.39 is 0 Å². The van der Waals surface area contributed by atoms with E-state index >= 15 is 0 Å². The van der Waals surface area contributed by atoms with Crippen molar-refractivity contribution in [3.8, 4) is 0 Å². The van der Waals surface area contributed by atoms with Crippen LogP contribution >= 0.6 is 0 Å². The van der Waals surface area contributed by atoms with Crippen molar-refractivity contribution in [3.63, 3.8) is 0 Å². The minimum Gasteiger partial charge on any atom is -0.465 e. The van der Waals surface area contributed by atoms with Crippen molar-refractivity contribution in [2.24, 2.45) is 17.3 Å². The summed E-state index contributed by atoms with van der Waals surface area (Å²) in [5, 5.41) is 0. The highest BCUT2D eigenvalue weighted by Crippen LogP contribution is 2.34. The van der Waals surface area contributed by atoms with Crippen LogP contribution in [0.5, 0.6) is 0 Å². The summed E-state index contributed by atoms with van der Waals surface area (Å²) in [6.07, 6.45) is 20.1. The summed E-state index contributed by atoms with van der Waals surface area (Å²) in [6.45, 7) is 9.84. The van der Waals surface area contributed by atoms with Crippen LogP contribution < -0.4 is 0 Å². The molecule has 1 saturated carbocycles. The minimum atomic E-state index is 0.0876. The average molecular weight is 381 g/mol. The second-order valence-electron chi connectivity index (χ2n) is 9.70. The van der Waals surface area contributed by atoms with Crippen molar-refractivity contribution in [3.05, 3.63) is 0 Å². The normalized spacial score (nSPS) is 22.4. The van der Waals surface area contributed by atoms with Crippen molar-refractivity contribution >= 4 is 5.97 Å². The molecule has 2 nitrogen and oxygen atoms in total. The van der Waals surface area contributed by atoms with Crippen LogP contribution in [0.3, 0.4) is 0 Å². The molecule has 0 aromatic rings. The van der Waals surface area contributed by atoms with Crippen LogP contribution in [0.25, 0.3) is 0 Å². The van der Waals surface area contributed by atoms with Gasteiger partial charge in [0.2, 0.25) is 0 Å². The van der Waals surface area contributed by atoms with E-state index in [0.717, 1.165) is 18.8 Å². The summed E-state index contributed by atoms with van der Waals surface area (Å²) in [5.41, 5.74) is 0.177. The Bertz CT molecular complexity index is 371. The summed E-state index contributed by atoms with van der Waals surface area (Å²) >= 11 is 0. The zero-order valence-electron chi connectivity index (χ0n) is 19.0. The zero-order chi connectivity index (χ0) is 20.0. The summed E-state index contributed by atoms with van der Waals surface area (Å²) in [6, 6.07) is 0. The number of ether oxygens (including phenoxy) is 1. The predicted molar refractivity (Wildman–Crippen MR) is 117 cm³/mol. The molecule has 0 unspecified atom stereocenters. The second kappa shape index (κ2) is 14.5. The Hall–Kier alpha value is -0.530. The number of rotatable bonds is 15. The molecule has 0 aliphatic heterocycles. The van der Waals surface area contributed by atoms with Crippen LogP contribution in [0.1, 0.15) is 130 Å². The van der Waals surface area contributed by atoms with E-state index in [-0.39, 0.29) is 17.3 Å². The lowest BCUT2D eigenvalue weighted by atomic mass is 9.80. The average Bonchev–Trinajstić information content (AvgIpc) is 2.67. The topological polar surface area (TPSA) is 26.3 Å². The first-order valence-corrected chi connectivity index (χ1v) is 12.2. The SMILES string of the molecule is CCCCCCCC[C@](C)(CCCCCC)COC(=O)C1CCC(C)CC1. The Morgan fingerprint density at radius 2 is 1.30 bits per heavy atom. The smallest absolute Gasteiger partial charge is 0.308 e. The lowest BCUT2D eigenvalue weighted by Gasteiger charge is -2.31. The largest absolute Gasteiger partial charge is 0.465 e. The number of hydrogen-bond acceptors (Lipinski definition) is 2. The van der Waals surface area contributed by atoms with Crippen molar-refractivity contribution < 1.29 is 9.53 Å². The van der Waals surface area contributed by atoms with Crippen molar-refractivity contribution in [1.29, 1.82) is 0 Å². The molecule has 0 aromatic heterocycles. The molecule has 27 heavy (non-hydrogen) atoms. The lowest BCUT2D eigenvalue weighted by molar-refractivity contribution is -0.153. The van der Waals surface area contributed by atoms with Crippen LogP contribution in [0.15, 0.2) is 0 Å². The summed E-state index contributed by atoms with van der Waals surface area (Å²) in [7, 11) is 0. The molecule has 1 aliphatic carbocycles. The molecule has 0 amide bonds. The number of hydrogen-bond donors (Lipinski definition) is 0. The van der Waals surface area contributed by atoms with Gasteiger partial charge in [-0.25, -0.2) is 0 Å². The van der Waals surface area contributed by atoms with E-state index in [1.165, 1.54) is 89.9 Å². The highest BCUT2D eigenvalue weighted by atomic mass is 16.5. The number of esters is 1. The molecule has 0 radical (unpaired) electrons. The number of unbranched alkanes of at least 4 members (excludes halogenated alkanes) is 8. The number of carbonyl (C=O) groups is 1. The van der Waals surface area contributed by atoms with Gasteiger partial charge in [-0.2, -0.15) is 0 Å². The molecule has 0 spiro atoms. The first-order valence-electron chi connectivity index (χ1n) is 12.2. The van der Waals surface area contributed by atoms with Gasteiger partial charge in [0.25, 0.3) is 0 Å². The molecule has 0 N–H and O–H groups in total. The Kier molecular flexibility index (Phi) is 13.1. The summed E-state index contributed by atoms with van der Waals surface area (Å²) in [5.74, 6) is 1.04. The highest BCUT2D eigenvalue weighted by molar-refractivity contribution is 5.72. The first kappa shape index (κ1) is 24.5. The fourth-order valence-electron chi connectivity index (χ4n) is 4.44. The van der Waals surface area contributed by atoms with Crippen LogP contribution in [0, 0.1) is 17.3 Å². The standard InChI is InChI=1S/C25H48O2/c1-5-7-9-11-12-14-20-25(4,19-13-10-8-6-2)21-27-24(26)23-17-15-22(3)16-18-23/h22-23H,5-21H2,1-4H3/t22?,23?,25-/m0/s1. The molecule has 1 rings (SSSR count). The molecule has 160 valence electrons. The minimum absolute atomic E-state index is 0.0876. The van der Waals surface area contributed by atoms with Gasteiger partial charge in [0.1, 0.15) is 0 Å². The van der Waals surface area contributed by atoms with E-state index in [1.54, 1.807) is 0 Å². The third-order valence-electron chi connectivity index (χ3n) is 6.68. The fourth-order valence-corrected chi connectivity index (χ4v) is 4.44. The van der Waals surface area contributed by atoms with Crippen molar-refractivity contribution in [2.45, 2.75) is 130 Å². The third kappa shape index (κ3) is 11.2. The molecule has 1 aliphatic rings. The van der Waals surface area contributed by atoms with Gasteiger partial charge in [-0.05, 0) is 44.4 Å². The van der Waals surface area contributed by atoms with Crippen LogP contribution in [-0.2, 0) is 9.53 Å².